The lowest BCUT2D eigenvalue weighted by molar-refractivity contribution is 0.483. The third-order valence-corrected chi connectivity index (χ3v) is 9.57. The Kier molecular flexibility index (Phi) is 7.57. The summed E-state index contributed by atoms with van der Waals surface area (Å²) in [5.41, 5.74) is 6.56. The van der Waals surface area contributed by atoms with E-state index in [1.807, 2.05) is 127 Å². The number of ether oxygens (including phenoxy) is 1. The number of nitrogens with zero attached hydrogens (tertiary/aromatic N) is 5. The zero-order chi connectivity index (χ0) is 33.3. The Morgan fingerprint density at radius 1 is 0.380 bits per heavy atom. The van der Waals surface area contributed by atoms with Gasteiger partial charge in [-0.15, -0.1) is 11.3 Å². The minimum atomic E-state index is 0.571. The molecule has 0 N–H and O–H groups in total. The molecule has 0 unspecified atom stereocenters. The monoisotopic (exact) mass is 661 g/mol. The van der Waals surface area contributed by atoms with E-state index in [1.165, 1.54) is 4.70 Å². The van der Waals surface area contributed by atoms with Crippen LogP contribution in [0.3, 0.4) is 0 Å². The van der Waals surface area contributed by atoms with E-state index in [9.17, 15) is 0 Å². The summed E-state index contributed by atoms with van der Waals surface area (Å²) in [6.07, 6.45) is 0. The van der Waals surface area contributed by atoms with E-state index in [0.717, 1.165) is 49.1 Å². The van der Waals surface area contributed by atoms with Crippen LogP contribution >= 0.6 is 11.3 Å². The highest BCUT2D eigenvalue weighted by atomic mass is 32.1. The lowest BCUT2D eigenvalue weighted by Crippen LogP contribution is -2.00. The Morgan fingerprint density at radius 3 is 1.56 bits per heavy atom. The van der Waals surface area contributed by atoms with Crippen molar-refractivity contribution in [2.24, 2.45) is 0 Å². The highest BCUT2D eigenvalue weighted by molar-refractivity contribution is 7.26. The van der Waals surface area contributed by atoms with Crippen LogP contribution in [0.2, 0.25) is 0 Å². The maximum atomic E-state index is 6.36. The van der Waals surface area contributed by atoms with E-state index in [2.05, 4.69) is 36.4 Å². The number of aromatic nitrogens is 5. The molecule has 0 fully saturated rings. The van der Waals surface area contributed by atoms with Crippen LogP contribution < -0.4 is 4.74 Å². The zero-order valence-corrected chi connectivity index (χ0v) is 27.5. The molecule has 0 saturated heterocycles. The van der Waals surface area contributed by atoms with Crippen molar-refractivity contribution in [3.05, 3.63) is 164 Å². The van der Waals surface area contributed by atoms with Crippen LogP contribution in [-0.2, 0) is 0 Å². The highest BCUT2D eigenvalue weighted by Gasteiger charge is 2.17. The molecule has 0 aliphatic rings. The van der Waals surface area contributed by atoms with Crippen LogP contribution in [-0.4, -0.2) is 24.9 Å². The predicted molar refractivity (Wildman–Crippen MR) is 202 cm³/mol. The molecule has 3 heterocycles. The molecule has 3 aromatic heterocycles. The number of hydrogen-bond donors (Lipinski definition) is 0. The Morgan fingerprint density at radius 2 is 0.900 bits per heavy atom. The van der Waals surface area contributed by atoms with Crippen molar-refractivity contribution < 1.29 is 4.74 Å². The SMILES string of the molecule is c1ccc(-c2nc(-c3ccccc3)nc(-c3cccc(Oc4ccc(-c5nc(-c6ccccc6)c6sc7ccccc7c6n5)cc4)c3)n2)cc1. The molecular weight excluding hydrogens is 635 g/mol. The van der Waals surface area contributed by atoms with Gasteiger partial charge in [-0.05, 0) is 42.5 Å². The Balaban J connectivity index is 1.04. The van der Waals surface area contributed by atoms with Crippen molar-refractivity contribution in [1.82, 2.24) is 24.9 Å². The first-order chi connectivity index (χ1) is 24.7. The first-order valence-corrected chi connectivity index (χ1v) is 17.1. The molecule has 9 rings (SSSR count). The molecule has 0 bridgehead atoms. The third kappa shape index (κ3) is 5.76. The first kappa shape index (κ1) is 29.6. The maximum absolute atomic E-state index is 6.36. The third-order valence-electron chi connectivity index (χ3n) is 8.41. The molecule has 0 amide bonds. The molecule has 6 aromatic carbocycles. The fourth-order valence-corrected chi connectivity index (χ4v) is 7.11. The molecular formula is C43H27N5OS. The summed E-state index contributed by atoms with van der Waals surface area (Å²) in [5.74, 6) is 3.84. The number of rotatable bonds is 7. The molecule has 0 spiro atoms. The number of benzene rings is 6. The topological polar surface area (TPSA) is 73.7 Å². The molecule has 0 aliphatic carbocycles. The van der Waals surface area contributed by atoms with Gasteiger partial charge in [-0.2, -0.15) is 0 Å². The fraction of sp³-hybridized carbons (Fsp3) is 0. The lowest BCUT2D eigenvalue weighted by atomic mass is 10.1. The van der Waals surface area contributed by atoms with Gasteiger partial charge < -0.3 is 4.74 Å². The molecule has 0 saturated carbocycles. The Hall–Kier alpha value is -6.57. The summed E-state index contributed by atoms with van der Waals surface area (Å²) in [6, 6.07) is 54.4. The summed E-state index contributed by atoms with van der Waals surface area (Å²) >= 11 is 1.73. The van der Waals surface area contributed by atoms with Gasteiger partial charge in [0.05, 0.1) is 15.9 Å². The van der Waals surface area contributed by atoms with E-state index in [0.29, 0.717) is 34.8 Å². The van der Waals surface area contributed by atoms with Crippen LogP contribution in [0.15, 0.2) is 164 Å². The van der Waals surface area contributed by atoms with Crippen molar-refractivity contribution in [1.29, 1.82) is 0 Å². The molecule has 236 valence electrons. The first-order valence-electron chi connectivity index (χ1n) is 16.3. The molecule has 9 aromatic rings. The minimum absolute atomic E-state index is 0.571. The summed E-state index contributed by atoms with van der Waals surface area (Å²) in [7, 11) is 0. The van der Waals surface area contributed by atoms with Gasteiger partial charge in [0.2, 0.25) is 0 Å². The average Bonchev–Trinajstić information content (AvgIpc) is 3.57. The standard InChI is InChI=1S/C43H27N5OS/c1-4-13-28(14-5-1)37-39-38(35-21-10-11-22-36(35)50-39)45-40(44-37)31-23-25-33(26-24-31)49-34-20-12-19-32(27-34)43-47-41(29-15-6-2-7-16-29)46-42(48-43)30-17-8-3-9-18-30/h1-27H. The number of fused-ring (bicyclic) bond motifs is 3. The van der Waals surface area contributed by atoms with Crippen molar-refractivity contribution >= 4 is 31.6 Å². The van der Waals surface area contributed by atoms with Crippen molar-refractivity contribution in [2.45, 2.75) is 0 Å². The van der Waals surface area contributed by atoms with Gasteiger partial charge in [-0.25, -0.2) is 24.9 Å². The van der Waals surface area contributed by atoms with Gasteiger partial charge in [-0.1, -0.05) is 121 Å². The largest absolute Gasteiger partial charge is 0.457 e. The van der Waals surface area contributed by atoms with Gasteiger partial charge >= 0.3 is 0 Å². The van der Waals surface area contributed by atoms with Crippen molar-refractivity contribution in [2.75, 3.05) is 0 Å². The molecule has 50 heavy (non-hydrogen) atoms. The second kappa shape index (κ2) is 12.8. The molecule has 0 atom stereocenters. The average molecular weight is 662 g/mol. The van der Waals surface area contributed by atoms with E-state index in [4.69, 9.17) is 29.7 Å². The van der Waals surface area contributed by atoms with E-state index >= 15 is 0 Å². The van der Waals surface area contributed by atoms with Gasteiger partial charge in [0, 0.05) is 37.9 Å². The Bertz CT molecular complexity index is 2550. The van der Waals surface area contributed by atoms with Crippen LogP contribution in [0.4, 0.5) is 0 Å². The predicted octanol–water partition coefficient (Wildman–Crippen LogP) is 11.2. The lowest BCUT2D eigenvalue weighted by Gasteiger charge is -2.11. The van der Waals surface area contributed by atoms with Crippen molar-refractivity contribution in [3.63, 3.8) is 0 Å². The van der Waals surface area contributed by atoms with Crippen LogP contribution in [0.5, 0.6) is 11.5 Å². The van der Waals surface area contributed by atoms with Crippen molar-refractivity contribution in [3.8, 4) is 68.3 Å². The number of hydrogen-bond acceptors (Lipinski definition) is 7. The van der Waals surface area contributed by atoms with Crippen LogP contribution in [0.1, 0.15) is 0 Å². The smallest absolute Gasteiger partial charge is 0.164 e. The summed E-state index contributed by atoms with van der Waals surface area (Å²) in [6.45, 7) is 0. The second-order valence-corrected chi connectivity index (χ2v) is 12.8. The second-order valence-electron chi connectivity index (χ2n) is 11.7. The quantitative estimate of drug-likeness (QED) is 0.169. The normalized spacial score (nSPS) is 11.2. The molecule has 0 radical (unpaired) electrons. The Labute approximate surface area is 292 Å². The van der Waals surface area contributed by atoms with Crippen LogP contribution in [0.25, 0.3) is 77.1 Å². The molecule has 7 heteroatoms. The maximum Gasteiger partial charge on any atom is 0.164 e. The van der Waals surface area contributed by atoms with Gasteiger partial charge in [-0.3, -0.25) is 0 Å². The molecule has 0 aliphatic heterocycles. The minimum Gasteiger partial charge on any atom is -0.457 e. The zero-order valence-electron chi connectivity index (χ0n) is 26.6. The van der Waals surface area contributed by atoms with E-state index < -0.39 is 0 Å². The summed E-state index contributed by atoms with van der Waals surface area (Å²) in [4.78, 5) is 24.7. The summed E-state index contributed by atoms with van der Waals surface area (Å²) in [5, 5.41) is 1.14. The highest BCUT2D eigenvalue weighted by Crippen LogP contribution is 2.39. The van der Waals surface area contributed by atoms with Gasteiger partial charge in [0.15, 0.2) is 23.3 Å². The van der Waals surface area contributed by atoms with Crippen LogP contribution in [0, 0.1) is 0 Å². The van der Waals surface area contributed by atoms with E-state index in [-0.39, 0.29) is 0 Å². The molecule has 6 nitrogen and oxygen atoms in total. The van der Waals surface area contributed by atoms with Gasteiger partial charge in [0.25, 0.3) is 0 Å². The van der Waals surface area contributed by atoms with E-state index in [1.54, 1.807) is 11.3 Å². The fourth-order valence-electron chi connectivity index (χ4n) is 5.96. The van der Waals surface area contributed by atoms with Gasteiger partial charge in [0.1, 0.15) is 11.5 Å². The summed E-state index contributed by atoms with van der Waals surface area (Å²) < 4.78 is 8.64. The number of thiophene rings is 1.